The minimum atomic E-state index is -1.54. The highest BCUT2D eigenvalue weighted by atomic mass is 19.2. The summed E-state index contributed by atoms with van der Waals surface area (Å²) < 4.78 is 39.0. The molecule has 0 saturated heterocycles. The first-order valence-electron chi connectivity index (χ1n) is 4.98. The van der Waals surface area contributed by atoms with Crippen LogP contribution >= 0.6 is 0 Å². The Hall–Kier alpha value is -2.49. The Bertz CT molecular complexity index is 566. The molecule has 1 aromatic rings. The highest BCUT2D eigenvalue weighted by Crippen LogP contribution is 2.16. The van der Waals surface area contributed by atoms with Crippen LogP contribution in [0.2, 0.25) is 0 Å². The van der Waals surface area contributed by atoms with Gasteiger partial charge in [0.25, 0.3) is 0 Å². The number of hydrogen-bond donors (Lipinski definition) is 2. The SMILES string of the molecule is C#CCC(NC(=O)O)C(=O)c1cc(F)c(F)cc1F. The quantitative estimate of drug-likeness (QED) is 0.499. The second kappa shape index (κ2) is 5.91. The highest BCUT2D eigenvalue weighted by Gasteiger charge is 2.25. The number of terminal acetylenes is 1. The third-order valence-corrected chi connectivity index (χ3v) is 2.21. The van der Waals surface area contributed by atoms with Crippen molar-refractivity contribution in [2.45, 2.75) is 12.5 Å². The highest BCUT2D eigenvalue weighted by molar-refractivity contribution is 6.01. The smallest absolute Gasteiger partial charge is 0.405 e. The molecule has 0 heterocycles. The van der Waals surface area contributed by atoms with E-state index >= 15 is 0 Å². The molecule has 2 N–H and O–H groups in total. The van der Waals surface area contributed by atoms with Crippen molar-refractivity contribution in [3.8, 4) is 12.3 Å². The van der Waals surface area contributed by atoms with Gasteiger partial charge in [0, 0.05) is 12.5 Å². The van der Waals surface area contributed by atoms with Crippen molar-refractivity contribution in [3.63, 3.8) is 0 Å². The number of carboxylic acid groups (broad SMARTS) is 1. The molecule has 4 nitrogen and oxygen atoms in total. The van der Waals surface area contributed by atoms with Gasteiger partial charge in [0.2, 0.25) is 0 Å². The zero-order valence-electron chi connectivity index (χ0n) is 9.41. The van der Waals surface area contributed by atoms with E-state index in [4.69, 9.17) is 11.5 Å². The summed E-state index contributed by atoms with van der Waals surface area (Å²) in [6.45, 7) is 0. The Morgan fingerprint density at radius 1 is 1.26 bits per heavy atom. The van der Waals surface area contributed by atoms with Gasteiger partial charge in [-0.25, -0.2) is 18.0 Å². The average Bonchev–Trinajstić information content (AvgIpc) is 2.32. The van der Waals surface area contributed by atoms with Gasteiger partial charge in [0.05, 0.1) is 5.56 Å². The summed E-state index contributed by atoms with van der Waals surface area (Å²) in [5.74, 6) is -3.20. The summed E-state index contributed by atoms with van der Waals surface area (Å²) in [7, 11) is 0. The summed E-state index contributed by atoms with van der Waals surface area (Å²) in [6.07, 6.45) is 3.06. The molecule has 1 aromatic carbocycles. The first kappa shape index (κ1) is 14.6. The lowest BCUT2D eigenvalue weighted by atomic mass is 10.0. The summed E-state index contributed by atoms with van der Waals surface area (Å²) in [6, 6.07) is -0.863. The lowest BCUT2D eigenvalue weighted by Gasteiger charge is -2.13. The molecular weight excluding hydrogens is 263 g/mol. The molecule has 1 atom stereocenters. The van der Waals surface area contributed by atoms with Crippen LogP contribution in [0, 0.1) is 29.8 Å². The number of nitrogens with one attached hydrogen (secondary N) is 1. The number of benzene rings is 1. The van der Waals surface area contributed by atoms with Gasteiger partial charge in [-0.2, -0.15) is 0 Å². The molecule has 0 aromatic heterocycles. The van der Waals surface area contributed by atoms with E-state index in [1.807, 2.05) is 5.92 Å². The van der Waals surface area contributed by atoms with Gasteiger partial charge >= 0.3 is 6.09 Å². The van der Waals surface area contributed by atoms with Gasteiger partial charge in [0.1, 0.15) is 11.9 Å². The maximum atomic E-state index is 13.4. The molecule has 0 fully saturated rings. The number of Topliss-reactive ketones (excluding diaryl/α,β-unsaturated/α-hetero) is 1. The van der Waals surface area contributed by atoms with Crippen LogP contribution in [0.5, 0.6) is 0 Å². The Kier molecular flexibility index (Phi) is 4.53. The van der Waals surface area contributed by atoms with E-state index in [2.05, 4.69) is 0 Å². The number of hydrogen-bond acceptors (Lipinski definition) is 2. The van der Waals surface area contributed by atoms with Gasteiger partial charge in [-0.3, -0.25) is 4.79 Å². The molecule has 0 radical (unpaired) electrons. The zero-order valence-corrected chi connectivity index (χ0v) is 9.41. The van der Waals surface area contributed by atoms with Gasteiger partial charge < -0.3 is 10.4 Å². The van der Waals surface area contributed by atoms with E-state index in [9.17, 15) is 22.8 Å². The molecule has 1 amide bonds. The van der Waals surface area contributed by atoms with E-state index < -0.39 is 40.9 Å². The molecule has 1 rings (SSSR count). The average molecular weight is 271 g/mol. The summed E-state index contributed by atoms with van der Waals surface area (Å²) in [4.78, 5) is 22.3. The van der Waals surface area contributed by atoms with Crippen molar-refractivity contribution < 1.29 is 27.9 Å². The molecule has 0 bridgehead atoms. The zero-order chi connectivity index (χ0) is 14.6. The molecule has 0 spiro atoms. The van der Waals surface area contributed by atoms with E-state index in [0.717, 1.165) is 0 Å². The topological polar surface area (TPSA) is 66.4 Å². The van der Waals surface area contributed by atoms with Crippen LogP contribution in [0.25, 0.3) is 0 Å². The van der Waals surface area contributed by atoms with E-state index in [-0.39, 0.29) is 12.5 Å². The van der Waals surface area contributed by atoms with Crippen molar-refractivity contribution in [2.24, 2.45) is 0 Å². The lowest BCUT2D eigenvalue weighted by molar-refractivity contribution is 0.0934. The Labute approximate surface area is 106 Å². The van der Waals surface area contributed by atoms with Crippen LogP contribution in [-0.2, 0) is 0 Å². The maximum absolute atomic E-state index is 13.4. The Morgan fingerprint density at radius 3 is 2.37 bits per heavy atom. The molecular formula is C12H8F3NO3. The summed E-state index contributed by atoms with van der Waals surface area (Å²) in [5.41, 5.74) is -0.770. The van der Waals surface area contributed by atoms with Crippen LogP contribution < -0.4 is 5.32 Å². The monoisotopic (exact) mass is 271 g/mol. The molecule has 7 heteroatoms. The Morgan fingerprint density at radius 2 is 1.84 bits per heavy atom. The van der Waals surface area contributed by atoms with Crippen LogP contribution in [0.4, 0.5) is 18.0 Å². The fraction of sp³-hybridized carbons (Fsp3) is 0.167. The van der Waals surface area contributed by atoms with E-state index in [0.29, 0.717) is 6.07 Å². The van der Waals surface area contributed by atoms with Crippen LogP contribution in [0.15, 0.2) is 12.1 Å². The molecule has 0 aliphatic heterocycles. The van der Waals surface area contributed by atoms with Crippen molar-refractivity contribution in [3.05, 3.63) is 35.1 Å². The largest absolute Gasteiger partial charge is 0.465 e. The predicted molar refractivity (Wildman–Crippen MR) is 59.0 cm³/mol. The third kappa shape index (κ3) is 3.48. The van der Waals surface area contributed by atoms with Gasteiger partial charge in [0.15, 0.2) is 17.4 Å². The second-order valence-electron chi connectivity index (χ2n) is 3.52. The normalized spacial score (nSPS) is 11.5. The molecule has 0 aliphatic carbocycles. The molecule has 19 heavy (non-hydrogen) atoms. The first-order valence-corrected chi connectivity index (χ1v) is 4.98. The second-order valence-corrected chi connectivity index (χ2v) is 3.52. The minimum Gasteiger partial charge on any atom is -0.465 e. The van der Waals surface area contributed by atoms with Gasteiger partial charge in [-0.05, 0) is 6.07 Å². The molecule has 100 valence electrons. The fourth-order valence-electron chi connectivity index (χ4n) is 1.38. The van der Waals surface area contributed by atoms with Crippen molar-refractivity contribution in [2.75, 3.05) is 0 Å². The molecule has 0 aliphatic rings. The lowest BCUT2D eigenvalue weighted by Crippen LogP contribution is -2.40. The standard InChI is InChI=1S/C12H8F3NO3/c1-2-3-10(16-12(18)19)11(17)6-4-8(14)9(15)5-7(6)13/h1,4-5,10,16H,3H2,(H,18,19). The van der Waals surface area contributed by atoms with Crippen LogP contribution in [0.3, 0.4) is 0 Å². The van der Waals surface area contributed by atoms with Gasteiger partial charge in [-0.1, -0.05) is 0 Å². The van der Waals surface area contributed by atoms with Crippen molar-refractivity contribution in [1.82, 2.24) is 5.32 Å². The molecule has 1 unspecified atom stereocenters. The van der Waals surface area contributed by atoms with Gasteiger partial charge in [-0.15, -0.1) is 12.3 Å². The number of rotatable bonds is 4. The maximum Gasteiger partial charge on any atom is 0.405 e. The van der Waals surface area contributed by atoms with E-state index in [1.165, 1.54) is 0 Å². The first-order chi connectivity index (χ1) is 8.86. The number of carbonyl (C=O) groups is 2. The van der Waals surface area contributed by atoms with Crippen LogP contribution in [-0.4, -0.2) is 23.0 Å². The third-order valence-electron chi connectivity index (χ3n) is 2.21. The number of halogens is 3. The fourth-order valence-corrected chi connectivity index (χ4v) is 1.38. The summed E-state index contributed by atoms with van der Waals surface area (Å²) in [5, 5.41) is 10.3. The number of ketones is 1. The molecule has 0 saturated carbocycles. The van der Waals surface area contributed by atoms with Crippen LogP contribution in [0.1, 0.15) is 16.8 Å². The van der Waals surface area contributed by atoms with E-state index in [1.54, 1.807) is 5.32 Å². The summed E-state index contributed by atoms with van der Waals surface area (Å²) >= 11 is 0. The van der Waals surface area contributed by atoms with Crippen molar-refractivity contribution in [1.29, 1.82) is 0 Å². The van der Waals surface area contributed by atoms with Crippen molar-refractivity contribution >= 4 is 11.9 Å². The number of amides is 1. The number of carbonyl (C=O) groups excluding carboxylic acids is 1. The predicted octanol–water partition coefficient (Wildman–Crippen LogP) is 1.95. The minimum absolute atomic E-state index is 0.205. The Balaban J connectivity index is 3.13.